The fourth-order valence-corrected chi connectivity index (χ4v) is 3.29. The second kappa shape index (κ2) is 5.91. The van der Waals surface area contributed by atoms with Gasteiger partial charge in [0.2, 0.25) is 5.91 Å². The number of anilines is 1. The molecule has 0 saturated carbocycles. The Labute approximate surface area is 128 Å². The van der Waals surface area contributed by atoms with Crippen molar-refractivity contribution in [1.29, 1.82) is 0 Å². The van der Waals surface area contributed by atoms with Crippen LogP contribution in [0.1, 0.15) is 19.3 Å². The highest BCUT2D eigenvalue weighted by Crippen LogP contribution is 2.29. The van der Waals surface area contributed by atoms with E-state index in [1.165, 1.54) is 12.1 Å². The van der Waals surface area contributed by atoms with Gasteiger partial charge in [0.25, 0.3) is 0 Å². The van der Waals surface area contributed by atoms with Crippen LogP contribution in [-0.2, 0) is 4.79 Å². The Kier molecular flexibility index (Phi) is 4.15. The lowest BCUT2D eigenvalue weighted by atomic mass is 10.1. The van der Waals surface area contributed by atoms with Gasteiger partial charge in [0.15, 0.2) is 0 Å². The van der Waals surface area contributed by atoms with Gasteiger partial charge in [-0.2, -0.15) is 0 Å². The number of likely N-dealkylation sites (tertiary alicyclic amines) is 1. The normalized spacial score (nSPS) is 24.8. The number of amides is 1. The second-order valence-electron chi connectivity index (χ2n) is 5.66. The maximum absolute atomic E-state index is 13.2. The van der Waals surface area contributed by atoms with E-state index in [1.54, 1.807) is 11.0 Å². The molecule has 2 fully saturated rings. The highest BCUT2D eigenvalue weighted by Gasteiger charge is 2.37. The average Bonchev–Trinajstić information content (AvgIpc) is 2.85. The minimum Gasteiger partial charge on any atom is -0.393 e. The summed E-state index contributed by atoms with van der Waals surface area (Å²) in [4.78, 5) is 16.4. The van der Waals surface area contributed by atoms with Gasteiger partial charge >= 0.3 is 0 Å². The van der Waals surface area contributed by atoms with Crippen molar-refractivity contribution >= 4 is 23.2 Å². The van der Waals surface area contributed by atoms with E-state index in [4.69, 9.17) is 11.6 Å². The van der Waals surface area contributed by atoms with Crippen LogP contribution in [0.25, 0.3) is 0 Å². The van der Waals surface area contributed by atoms with E-state index in [1.807, 2.05) is 0 Å². The minimum absolute atomic E-state index is 0.0323. The molecule has 114 valence electrons. The molecule has 1 aromatic rings. The molecule has 1 unspecified atom stereocenters. The first-order valence-electron chi connectivity index (χ1n) is 7.25. The summed E-state index contributed by atoms with van der Waals surface area (Å²) in [6.45, 7) is 2.11. The molecule has 0 bridgehead atoms. The highest BCUT2D eigenvalue weighted by atomic mass is 35.5. The summed E-state index contributed by atoms with van der Waals surface area (Å²) >= 11 is 5.79. The van der Waals surface area contributed by atoms with Crippen LogP contribution in [0.3, 0.4) is 0 Å². The Morgan fingerprint density at radius 1 is 1.19 bits per heavy atom. The van der Waals surface area contributed by atoms with E-state index < -0.39 is 5.82 Å². The molecule has 2 aliphatic heterocycles. The largest absolute Gasteiger partial charge is 0.393 e. The number of carbonyl (C=O) groups is 1. The third-order valence-electron chi connectivity index (χ3n) is 4.33. The van der Waals surface area contributed by atoms with Crippen LogP contribution in [0.4, 0.5) is 10.1 Å². The molecule has 1 amide bonds. The number of piperidine rings is 1. The van der Waals surface area contributed by atoms with Gasteiger partial charge < -0.3 is 10.0 Å². The minimum atomic E-state index is -0.478. The van der Waals surface area contributed by atoms with E-state index in [2.05, 4.69) is 4.90 Å². The van der Waals surface area contributed by atoms with Crippen LogP contribution < -0.4 is 4.90 Å². The molecule has 1 aromatic carbocycles. The Hall–Kier alpha value is -1.17. The zero-order chi connectivity index (χ0) is 15.0. The summed E-state index contributed by atoms with van der Waals surface area (Å²) in [7, 11) is 0. The molecule has 21 heavy (non-hydrogen) atoms. The van der Waals surface area contributed by atoms with E-state index >= 15 is 0 Å². The zero-order valence-electron chi connectivity index (χ0n) is 11.6. The lowest BCUT2D eigenvalue weighted by molar-refractivity contribution is -0.122. The third-order valence-corrected chi connectivity index (χ3v) is 4.62. The number of carbonyl (C=O) groups excluding carboxylic acids is 1. The number of aliphatic hydroxyl groups is 1. The Morgan fingerprint density at radius 3 is 2.57 bits per heavy atom. The standard InChI is InChI=1S/C15H18ClFN2O2/c16-12-9-10(1-2-13(12)17)19-8-5-14(15(19)21)18-6-3-11(20)4-7-18/h1-2,9,11,14,20H,3-8H2. The van der Waals surface area contributed by atoms with E-state index in [0.29, 0.717) is 25.1 Å². The monoisotopic (exact) mass is 312 g/mol. The van der Waals surface area contributed by atoms with Crippen LogP contribution in [0.15, 0.2) is 18.2 Å². The number of rotatable bonds is 2. The third kappa shape index (κ3) is 2.91. The molecule has 2 heterocycles. The van der Waals surface area contributed by atoms with Crippen molar-refractivity contribution in [2.75, 3.05) is 24.5 Å². The second-order valence-corrected chi connectivity index (χ2v) is 6.07. The fraction of sp³-hybridized carbons (Fsp3) is 0.533. The first kappa shape index (κ1) is 14.8. The molecular formula is C15H18ClFN2O2. The summed E-state index contributed by atoms with van der Waals surface area (Å²) < 4.78 is 13.2. The van der Waals surface area contributed by atoms with Crippen LogP contribution in [-0.4, -0.2) is 47.7 Å². The summed E-state index contributed by atoms with van der Waals surface area (Å²) in [6, 6.07) is 4.23. The number of benzene rings is 1. The molecule has 1 N–H and O–H groups in total. The van der Waals surface area contributed by atoms with E-state index in [-0.39, 0.29) is 23.1 Å². The number of nitrogens with zero attached hydrogens (tertiary/aromatic N) is 2. The van der Waals surface area contributed by atoms with Gasteiger partial charge in [-0.15, -0.1) is 0 Å². The molecule has 4 nitrogen and oxygen atoms in total. The molecule has 2 aliphatic rings. The summed E-state index contributed by atoms with van der Waals surface area (Å²) in [5.41, 5.74) is 0.644. The predicted molar refractivity (Wildman–Crippen MR) is 79.0 cm³/mol. The van der Waals surface area contributed by atoms with Gasteiger partial charge in [0, 0.05) is 25.3 Å². The van der Waals surface area contributed by atoms with Gasteiger partial charge in [-0.3, -0.25) is 9.69 Å². The van der Waals surface area contributed by atoms with Crippen molar-refractivity contribution in [2.24, 2.45) is 0 Å². The van der Waals surface area contributed by atoms with Crippen LogP contribution in [0.2, 0.25) is 5.02 Å². The smallest absolute Gasteiger partial charge is 0.244 e. The molecule has 6 heteroatoms. The predicted octanol–water partition coefficient (Wildman–Crippen LogP) is 2.04. The molecule has 0 aromatic heterocycles. The number of aliphatic hydroxyl groups excluding tert-OH is 1. The van der Waals surface area contributed by atoms with Gasteiger partial charge in [0.1, 0.15) is 5.82 Å². The fourth-order valence-electron chi connectivity index (χ4n) is 3.11. The first-order chi connectivity index (χ1) is 10.1. The number of hydrogen-bond donors (Lipinski definition) is 1. The molecular weight excluding hydrogens is 295 g/mol. The van der Waals surface area contributed by atoms with Crippen LogP contribution >= 0.6 is 11.6 Å². The van der Waals surface area contributed by atoms with Crippen molar-refractivity contribution in [3.63, 3.8) is 0 Å². The Balaban J connectivity index is 1.72. The van der Waals surface area contributed by atoms with Gasteiger partial charge in [-0.1, -0.05) is 11.6 Å². The maximum atomic E-state index is 13.2. The van der Waals surface area contributed by atoms with Crippen molar-refractivity contribution in [3.05, 3.63) is 29.0 Å². The lowest BCUT2D eigenvalue weighted by Crippen LogP contribution is -2.46. The van der Waals surface area contributed by atoms with Crippen LogP contribution in [0.5, 0.6) is 0 Å². The van der Waals surface area contributed by atoms with Crippen molar-refractivity contribution < 1.29 is 14.3 Å². The lowest BCUT2D eigenvalue weighted by Gasteiger charge is -2.33. The van der Waals surface area contributed by atoms with Crippen molar-refractivity contribution in [3.8, 4) is 0 Å². The molecule has 0 aliphatic carbocycles. The van der Waals surface area contributed by atoms with Gasteiger partial charge in [-0.25, -0.2) is 4.39 Å². The summed E-state index contributed by atoms with van der Waals surface area (Å²) in [5, 5.41) is 9.58. The highest BCUT2D eigenvalue weighted by molar-refractivity contribution is 6.31. The van der Waals surface area contributed by atoms with Crippen molar-refractivity contribution in [1.82, 2.24) is 4.90 Å². The van der Waals surface area contributed by atoms with Gasteiger partial charge in [-0.05, 0) is 37.5 Å². The molecule has 0 radical (unpaired) electrons. The maximum Gasteiger partial charge on any atom is 0.244 e. The average molecular weight is 313 g/mol. The Morgan fingerprint density at radius 2 is 1.90 bits per heavy atom. The van der Waals surface area contributed by atoms with Crippen molar-refractivity contribution in [2.45, 2.75) is 31.4 Å². The SMILES string of the molecule is O=C1C(N2CCC(O)CC2)CCN1c1ccc(F)c(Cl)c1. The topological polar surface area (TPSA) is 43.8 Å². The summed E-state index contributed by atoms with van der Waals surface area (Å²) in [6.07, 6.45) is 1.94. The molecule has 0 spiro atoms. The zero-order valence-corrected chi connectivity index (χ0v) is 12.4. The van der Waals surface area contributed by atoms with E-state index in [9.17, 15) is 14.3 Å². The van der Waals surface area contributed by atoms with E-state index in [0.717, 1.165) is 19.5 Å². The number of hydrogen-bond acceptors (Lipinski definition) is 3. The first-order valence-corrected chi connectivity index (χ1v) is 7.62. The molecule has 1 atom stereocenters. The van der Waals surface area contributed by atoms with Gasteiger partial charge in [0.05, 0.1) is 17.2 Å². The molecule has 2 saturated heterocycles. The summed E-state index contributed by atoms with van der Waals surface area (Å²) in [5.74, 6) is -0.442. The number of halogens is 2. The van der Waals surface area contributed by atoms with Crippen LogP contribution in [0, 0.1) is 5.82 Å². The quantitative estimate of drug-likeness (QED) is 0.909. The Bertz CT molecular complexity index is 546. The molecule has 3 rings (SSSR count).